The minimum absolute atomic E-state index is 0.412. The molecule has 0 spiro atoms. The molecular formula is C9H16O3. The molecule has 12 heavy (non-hydrogen) atoms. The van der Waals surface area contributed by atoms with Gasteiger partial charge in [0.1, 0.15) is 5.60 Å². The van der Waals surface area contributed by atoms with E-state index < -0.39 is 17.0 Å². The van der Waals surface area contributed by atoms with Crippen LogP contribution in [0.25, 0.3) is 0 Å². The number of aliphatic hydroxyl groups is 2. The fourth-order valence-electron chi connectivity index (χ4n) is 0.484. The number of ketones is 1. The molecule has 0 saturated carbocycles. The average molecular weight is 172 g/mol. The summed E-state index contributed by atoms with van der Waals surface area (Å²) in [6.45, 7) is 5.93. The van der Waals surface area contributed by atoms with E-state index in [9.17, 15) is 15.0 Å². The lowest BCUT2D eigenvalue weighted by Crippen LogP contribution is -2.30. The number of hydrogen-bond acceptors (Lipinski definition) is 3. The van der Waals surface area contributed by atoms with Crippen molar-refractivity contribution in [1.29, 1.82) is 0 Å². The van der Waals surface area contributed by atoms with Crippen LogP contribution in [-0.2, 0) is 4.79 Å². The summed E-state index contributed by atoms with van der Waals surface area (Å²) in [5.41, 5.74) is -2.37. The van der Waals surface area contributed by atoms with E-state index in [1.54, 1.807) is 13.8 Å². The molecule has 0 rings (SSSR count). The second-order valence-electron chi connectivity index (χ2n) is 3.91. The highest BCUT2D eigenvalue weighted by Gasteiger charge is 2.21. The largest absolute Gasteiger partial charge is 0.386 e. The summed E-state index contributed by atoms with van der Waals surface area (Å²) >= 11 is 0. The smallest absolute Gasteiger partial charge is 0.186 e. The highest BCUT2D eigenvalue weighted by molar-refractivity contribution is 5.96. The Morgan fingerprint density at radius 2 is 1.58 bits per heavy atom. The van der Waals surface area contributed by atoms with Crippen molar-refractivity contribution < 1.29 is 15.0 Å². The molecule has 3 heteroatoms. The summed E-state index contributed by atoms with van der Waals surface area (Å²) in [5.74, 6) is -0.412. The van der Waals surface area contributed by atoms with Crippen LogP contribution in [0.15, 0.2) is 12.2 Å². The van der Waals surface area contributed by atoms with E-state index in [0.29, 0.717) is 0 Å². The molecule has 0 atom stereocenters. The Bertz CT molecular complexity index is 191. The molecule has 0 aromatic carbocycles. The molecule has 0 heterocycles. The first-order valence-electron chi connectivity index (χ1n) is 3.81. The van der Waals surface area contributed by atoms with E-state index in [0.717, 1.165) is 0 Å². The summed E-state index contributed by atoms with van der Waals surface area (Å²) in [7, 11) is 0. The predicted octanol–water partition coefficient (Wildman–Crippen LogP) is 0.653. The van der Waals surface area contributed by atoms with Gasteiger partial charge in [0.25, 0.3) is 0 Å². The summed E-state index contributed by atoms with van der Waals surface area (Å²) in [6, 6.07) is 0. The highest BCUT2D eigenvalue weighted by Crippen LogP contribution is 2.07. The van der Waals surface area contributed by atoms with Crippen molar-refractivity contribution in [2.75, 3.05) is 0 Å². The third-order valence-corrected chi connectivity index (χ3v) is 1.25. The lowest BCUT2D eigenvalue weighted by atomic mass is 10.0. The van der Waals surface area contributed by atoms with Crippen LogP contribution in [0.1, 0.15) is 27.7 Å². The van der Waals surface area contributed by atoms with Crippen molar-refractivity contribution in [2.45, 2.75) is 38.9 Å². The number of carbonyl (C=O) groups excluding carboxylic acids is 1. The van der Waals surface area contributed by atoms with E-state index in [2.05, 4.69) is 0 Å². The van der Waals surface area contributed by atoms with E-state index >= 15 is 0 Å². The van der Waals surface area contributed by atoms with Crippen LogP contribution >= 0.6 is 0 Å². The van der Waals surface area contributed by atoms with Crippen LogP contribution in [0.2, 0.25) is 0 Å². The molecule has 0 bridgehead atoms. The van der Waals surface area contributed by atoms with Crippen LogP contribution < -0.4 is 0 Å². The Labute approximate surface area is 72.7 Å². The van der Waals surface area contributed by atoms with Crippen molar-refractivity contribution in [1.82, 2.24) is 0 Å². The van der Waals surface area contributed by atoms with E-state index in [-0.39, 0.29) is 0 Å². The maximum atomic E-state index is 11.1. The molecule has 0 aliphatic heterocycles. The Kier molecular flexibility index (Phi) is 3.18. The predicted molar refractivity (Wildman–Crippen MR) is 46.7 cm³/mol. The van der Waals surface area contributed by atoms with Gasteiger partial charge in [-0.1, -0.05) is 6.08 Å². The maximum absolute atomic E-state index is 11.1. The zero-order valence-corrected chi connectivity index (χ0v) is 7.96. The van der Waals surface area contributed by atoms with Crippen LogP contribution in [0.3, 0.4) is 0 Å². The third-order valence-electron chi connectivity index (χ3n) is 1.25. The second-order valence-corrected chi connectivity index (χ2v) is 3.91. The molecule has 0 unspecified atom stereocenters. The lowest BCUT2D eigenvalue weighted by molar-refractivity contribution is -0.128. The molecule has 0 aromatic rings. The van der Waals surface area contributed by atoms with Crippen LogP contribution in [0.4, 0.5) is 0 Å². The van der Waals surface area contributed by atoms with Crippen molar-refractivity contribution in [3.63, 3.8) is 0 Å². The van der Waals surface area contributed by atoms with Crippen LogP contribution in [0.5, 0.6) is 0 Å². The maximum Gasteiger partial charge on any atom is 0.186 e. The van der Waals surface area contributed by atoms with Crippen molar-refractivity contribution >= 4 is 5.78 Å². The molecule has 0 aliphatic carbocycles. The molecule has 0 aromatic heterocycles. The van der Waals surface area contributed by atoms with E-state index in [4.69, 9.17) is 0 Å². The first-order valence-corrected chi connectivity index (χ1v) is 3.81. The molecule has 2 N–H and O–H groups in total. The fraction of sp³-hybridized carbons (Fsp3) is 0.667. The first-order chi connectivity index (χ1) is 5.13. The third kappa shape index (κ3) is 5.04. The SMILES string of the molecule is CC(C)(O)/C=C/C(=O)C(C)(C)O. The fourth-order valence-corrected chi connectivity index (χ4v) is 0.484. The summed E-state index contributed by atoms with van der Waals surface area (Å²) in [5, 5.41) is 18.4. The summed E-state index contributed by atoms with van der Waals surface area (Å²) in [4.78, 5) is 11.1. The minimum atomic E-state index is -1.36. The van der Waals surface area contributed by atoms with Gasteiger partial charge in [-0.15, -0.1) is 0 Å². The number of hydrogen-bond donors (Lipinski definition) is 2. The zero-order valence-electron chi connectivity index (χ0n) is 7.96. The zero-order chi connectivity index (χ0) is 9.99. The molecular weight excluding hydrogens is 156 g/mol. The monoisotopic (exact) mass is 172 g/mol. The molecule has 0 radical (unpaired) electrons. The van der Waals surface area contributed by atoms with Gasteiger partial charge in [-0.05, 0) is 33.8 Å². The number of rotatable bonds is 3. The van der Waals surface area contributed by atoms with Gasteiger partial charge in [0.15, 0.2) is 5.78 Å². The van der Waals surface area contributed by atoms with Gasteiger partial charge < -0.3 is 10.2 Å². The lowest BCUT2D eigenvalue weighted by Gasteiger charge is -2.14. The Hall–Kier alpha value is -0.670. The average Bonchev–Trinajstić information content (AvgIpc) is 1.78. The molecule has 3 nitrogen and oxygen atoms in total. The van der Waals surface area contributed by atoms with Gasteiger partial charge in [-0.2, -0.15) is 0 Å². The van der Waals surface area contributed by atoms with Crippen LogP contribution in [-0.4, -0.2) is 27.2 Å². The molecule has 0 amide bonds. The molecule has 0 saturated heterocycles. The first kappa shape index (κ1) is 11.3. The van der Waals surface area contributed by atoms with Gasteiger partial charge in [0, 0.05) is 0 Å². The van der Waals surface area contributed by atoms with Crippen molar-refractivity contribution in [2.24, 2.45) is 0 Å². The summed E-state index contributed by atoms with van der Waals surface area (Å²) in [6.07, 6.45) is 2.55. The van der Waals surface area contributed by atoms with Crippen LogP contribution in [0, 0.1) is 0 Å². The quantitative estimate of drug-likeness (QED) is 0.615. The highest BCUT2D eigenvalue weighted by atomic mass is 16.3. The Balaban J connectivity index is 4.30. The normalized spacial score (nSPS) is 13.8. The van der Waals surface area contributed by atoms with Gasteiger partial charge in [0.05, 0.1) is 5.60 Å². The van der Waals surface area contributed by atoms with Gasteiger partial charge in [0.2, 0.25) is 0 Å². The Morgan fingerprint density at radius 1 is 1.17 bits per heavy atom. The molecule has 70 valence electrons. The second kappa shape index (κ2) is 3.37. The Morgan fingerprint density at radius 3 is 1.83 bits per heavy atom. The van der Waals surface area contributed by atoms with Crippen molar-refractivity contribution in [3.8, 4) is 0 Å². The summed E-state index contributed by atoms with van der Waals surface area (Å²) < 4.78 is 0. The topological polar surface area (TPSA) is 57.5 Å². The van der Waals surface area contributed by atoms with E-state index in [1.807, 2.05) is 0 Å². The van der Waals surface area contributed by atoms with Crippen molar-refractivity contribution in [3.05, 3.63) is 12.2 Å². The standard InChI is InChI=1S/C9H16O3/c1-8(2,11)6-5-7(10)9(3,4)12/h5-6,11-12H,1-4H3/b6-5+. The molecule has 0 aliphatic rings. The number of carbonyl (C=O) groups is 1. The molecule has 0 fully saturated rings. The minimum Gasteiger partial charge on any atom is -0.386 e. The van der Waals surface area contributed by atoms with Gasteiger partial charge in [-0.3, -0.25) is 4.79 Å². The van der Waals surface area contributed by atoms with E-state index in [1.165, 1.54) is 26.0 Å². The van der Waals surface area contributed by atoms with Gasteiger partial charge in [-0.25, -0.2) is 0 Å². The van der Waals surface area contributed by atoms with Gasteiger partial charge >= 0.3 is 0 Å².